The molecular formula is C14H19BrO10. The van der Waals surface area contributed by atoms with Crippen LogP contribution < -0.4 is 0 Å². The summed E-state index contributed by atoms with van der Waals surface area (Å²) in [6, 6.07) is 0. The molecule has 0 amide bonds. The first-order valence-corrected chi connectivity index (χ1v) is 7.97. The molecule has 0 saturated carbocycles. The van der Waals surface area contributed by atoms with Crippen LogP contribution in [0.25, 0.3) is 0 Å². The molecule has 1 rings (SSSR count). The highest BCUT2D eigenvalue weighted by molar-refractivity contribution is 9.10. The SMILES string of the molecule is CC(=O)OC[C@H]1O[C@](O)(Br)[C@H](OC(C)=O)[C@@H](OC(C)=O)[C@H]1OC(C)=O. The zero-order valence-electron chi connectivity index (χ0n) is 14.0. The van der Waals surface area contributed by atoms with E-state index < -0.39 is 59.6 Å². The Bertz CT molecular complexity index is 546. The van der Waals surface area contributed by atoms with E-state index in [1.807, 2.05) is 0 Å². The van der Waals surface area contributed by atoms with E-state index in [4.69, 9.17) is 23.7 Å². The molecule has 142 valence electrons. The number of aliphatic hydroxyl groups is 1. The second kappa shape index (κ2) is 8.59. The summed E-state index contributed by atoms with van der Waals surface area (Å²) in [6.45, 7) is 3.99. The summed E-state index contributed by atoms with van der Waals surface area (Å²) < 4.78 is 23.0. The Morgan fingerprint density at radius 2 is 1.40 bits per heavy atom. The third-order valence-electron chi connectivity index (χ3n) is 3.00. The quantitative estimate of drug-likeness (QED) is 0.357. The summed E-state index contributed by atoms with van der Waals surface area (Å²) in [6.07, 6.45) is -5.47. The van der Waals surface area contributed by atoms with Gasteiger partial charge in [-0.15, -0.1) is 0 Å². The minimum atomic E-state index is -2.28. The molecule has 0 aromatic carbocycles. The lowest BCUT2D eigenvalue weighted by molar-refractivity contribution is -0.309. The maximum Gasteiger partial charge on any atom is 0.303 e. The molecular weight excluding hydrogens is 408 g/mol. The van der Waals surface area contributed by atoms with Crippen LogP contribution in [0.4, 0.5) is 0 Å². The molecule has 0 spiro atoms. The normalized spacial score (nSPS) is 31.6. The van der Waals surface area contributed by atoms with Crippen molar-refractivity contribution < 1.29 is 48.0 Å². The van der Waals surface area contributed by atoms with Crippen LogP contribution in [0.15, 0.2) is 0 Å². The first-order chi connectivity index (χ1) is 11.4. The molecule has 25 heavy (non-hydrogen) atoms. The summed E-state index contributed by atoms with van der Waals surface area (Å²) >= 11 is 2.84. The topological polar surface area (TPSA) is 135 Å². The summed E-state index contributed by atoms with van der Waals surface area (Å²) in [7, 11) is 0. The number of carbonyl (C=O) groups excluding carboxylic acids is 4. The van der Waals surface area contributed by atoms with Crippen molar-refractivity contribution in [3.63, 3.8) is 0 Å². The Labute approximate surface area is 151 Å². The predicted octanol–water partition coefficient (Wildman–Crippen LogP) is -0.216. The number of alkyl halides is 1. The van der Waals surface area contributed by atoms with E-state index in [-0.39, 0.29) is 0 Å². The second-order valence-electron chi connectivity index (χ2n) is 5.25. The van der Waals surface area contributed by atoms with Gasteiger partial charge in [0.05, 0.1) is 0 Å². The molecule has 1 N–H and O–H groups in total. The van der Waals surface area contributed by atoms with E-state index in [0.717, 1.165) is 27.7 Å². The molecule has 0 radical (unpaired) electrons. The molecule has 11 heteroatoms. The van der Waals surface area contributed by atoms with Crippen molar-refractivity contribution in [3.8, 4) is 0 Å². The lowest BCUT2D eigenvalue weighted by Crippen LogP contribution is -2.66. The van der Waals surface area contributed by atoms with Crippen molar-refractivity contribution in [2.24, 2.45) is 0 Å². The molecule has 0 aliphatic carbocycles. The highest BCUT2D eigenvalue weighted by atomic mass is 79.9. The van der Waals surface area contributed by atoms with Crippen LogP contribution in [0.3, 0.4) is 0 Å². The van der Waals surface area contributed by atoms with E-state index in [2.05, 4.69) is 15.9 Å². The average Bonchev–Trinajstić information content (AvgIpc) is 2.42. The van der Waals surface area contributed by atoms with Crippen molar-refractivity contribution in [3.05, 3.63) is 0 Å². The maximum absolute atomic E-state index is 11.4. The lowest BCUT2D eigenvalue weighted by Gasteiger charge is -2.46. The number of ether oxygens (including phenoxy) is 5. The molecule has 1 saturated heterocycles. The third kappa shape index (κ3) is 6.25. The van der Waals surface area contributed by atoms with Crippen LogP contribution >= 0.6 is 15.9 Å². The number of carbonyl (C=O) groups is 4. The van der Waals surface area contributed by atoms with Gasteiger partial charge in [0.15, 0.2) is 12.2 Å². The van der Waals surface area contributed by atoms with Gasteiger partial charge in [-0.2, -0.15) is 0 Å². The van der Waals surface area contributed by atoms with Gasteiger partial charge in [-0.1, -0.05) is 0 Å². The fraction of sp³-hybridized carbons (Fsp3) is 0.714. The van der Waals surface area contributed by atoms with E-state index in [1.165, 1.54) is 0 Å². The van der Waals surface area contributed by atoms with Gasteiger partial charge in [-0.05, 0) is 15.9 Å². The van der Waals surface area contributed by atoms with Crippen molar-refractivity contribution in [2.45, 2.75) is 56.8 Å². The zero-order chi connectivity index (χ0) is 19.4. The first kappa shape index (κ1) is 21.3. The summed E-state index contributed by atoms with van der Waals surface area (Å²) in [5.41, 5.74) is 0. The Kier molecular flexibility index (Phi) is 7.32. The zero-order valence-corrected chi connectivity index (χ0v) is 15.6. The fourth-order valence-electron chi connectivity index (χ4n) is 2.23. The smallest absolute Gasteiger partial charge is 0.303 e. The van der Waals surface area contributed by atoms with Crippen LogP contribution in [0.5, 0.6) is 0 Å². The van der Waals surface area contributed by atoms with Gasteiger partial charge in [0.25, 0.3) is 4.70 Å². The minimum Gasteiger partial charge on any atom is -0.463 e. The van der Waals surface area contributed by atoms with Gasteiger partial charge >= 0.3 is 23.9 Å². The van der Waals surface area contributed by atoms with Crippen molar-refractivity contribution in [1.82, 2.24) is 0 Å². The molecule has 10 nitrogen and oxygen atoms in total. The van der Waals surface area contributed by atoms with E-state index in [9.17, 15) is 24.3 Å². The Morgan fingerprint density at radius 1 is 0.920 bits per heavy atom. The first-order valence-electron chi connectivity index (χ1n) is 7.18. The van der Waals surface area contributed by atoms with Gasteiger partial charge in [-0.25, -0.2) is 0 Å². The number of halogens is 1. The molecule has 5 atom stereocenters. The largest absolute Gasteiger partial charge is 0.463 e. The predicted molar refractivity (Wildman–Crippen MR) is 82.0 cm³/mol. The van der Waals surface area contributed by atoms with Crippen LogP contribution in [-0.4, -0.2) is 64.7 Å². The van der Waals surface area contributed by atoms with Crippen molar-refractivity contribution in [1.29, 1.82) is 0 Å². The van der Waals surface area contributed by atoms with Crippen LogP contribution in [0, 0.1) is 0 Å². The molecule has 1 aliphatic heterocycles. The molecule has 1 fully saturated rings. The van der Waals surface area contributed by atoms with Crippen molar-refractivity contribution in [2.75, 3.05) is 6.61 Å². The number of esters is 4. The average molecular weight is 427 g/mol. The molecule has 1 heterocycles. The Balaban J connectivity index is 3.24. The Hall–Kier alpha value is -1.72. The highest BCUT2D eigenvalue weighted by Gasteiger charge is 2.58. The van der Waals surface area contributed by atoms with Gasteiger partial charge in [-0.3, -0.25) is 19.2 Å². The van der Waals surface area contributed by atoms with Crippen molar-refractivity contribution >= 4 is 39.8 Å². The highest BCUT2D eigenvalue weighted by Crippen LogP contribution is 2.38. The molecule has 1 aliphatic rings. The van der Waals surface area contributed by atoms with Gasteiger partial charge in [0, 0.05) is 27.7 Å². The van der Waals surface area contributed by atoms with E-state index in [1.54, 1.807) is 0 Å². The molecule has 0 bridgehead atoms. The Morgan fingerprint density at radius 3 is 1.84 bits per heavy atom. The van der Waals surface area contributed by atoms with Gasteiger partial charge in [0.1, 0.15) is 12.7 Å². The van der Waals surface area contributed by atoms with Crippen LogP contribution in [0.2, 0.25) is 0 Å². The molecule has 0 aromatic heterocycles. The van der Waals surface area contributed by atoms with E-state index in [0.29, 0.717) is 0 Å². The van der Waals surface area contributed by atoms with Gasteiger partial charge in [0.2, 0.25) is 6.10 Å². The number of hydrogen-bond donors (Lipinski definition) is 1. The summed E-state index contributed by atoms with van der Waals surface area (Å²) in [4.78, 5) is 45.2. The number of hydrogen-bond acceptors (Lipinski definition) is 10. The van der Waals surface area contributed by atoms with E-state index >= 15 is 0 Å². The number of rotatable bonds is 5. The lowest BCUT2D eigenvalue weighted by atomic mass is 9.98. The third-order valence-corrected chi connectivity index (χ3v) is 3.64. The monoisotopic (exact) mass is 426 g/mol. The maximum atomic E-state index is 11.4. The summed E-state index contributed by atoms with van der Waals surface area (Å²) in [5, 5.41) is 10.4. The molecule has 0 aromatic rings. The van der Waals surface area contributed by atoms with Crippen LogP contribution in [0.1, 0.15) is 27.7 Å². The second-order valence-corrected chi connectivity index (χ2v) is 6.38. The molecule has 0 unspecified atom stereocenters. The van der Waals surface area contributed by atoms with Gasteiger partial charge < -0.3 is 28.8 Å². The fourth-order valence-corrected chi connectivity index (χ4v) is 2.83. The summed E-state index contributed by atoms with van der Waals surface area (Å²) in [5.74, 6) is -2.98. The van der Waals surface area contributed by atoms with Crippen LogP contribution in [-0.2, 0) is 42.9 Å². The standard InChI is InChI=1S/C14H19BrO10/c1-6(16)21-5-10-11(22-7(2)17)12(23-8(3)18)13(24-9(4)19)14(15,20)25-10/h10-13,20H,5H2,1-4H3/t10-,11+,12+,13-,14+/m1/s1. The minimum absolute atomic E-state index is 0.411.